The Morgan fingerprint density at radius 2 is 2.27 bits per heavy atom. The van der Waals surface area contributed by atoms with Gasteiger partial charge in [-0.15, -0.1) is 0 Å². The summed E-state index contributed by atoms with van der Waals surface area (Å²) in [6.45, 7) is 1.97. The Kier molecular flexibility index (Phi) is 2.64. The van der Waals surface area contributed by atoms with Crippen LogP contribution in [0.2, 0.25) is 5.02 Å². The molecule has 2 rings (SSSR count). The minimum atomic E-state index is -3.17. The quantitative estimate of drug-likeness (QED) is 0.826. The van der Waals surface area contributed by atoms with Gasteiger partial charge >= 0.3 is 0 Å². The van der Waals surface area contributed by atoms with E-state index >= 15 is 0 Å². The molecule has 5 heteroatoms. The lowest BCUT2D eigenvalue weighted by Gasteiger charge is -2.26. The Hall–Kier alpha value is -0.740. The van der Waals surface area contributed by atoms with Gasteiger partial charge < -0.3 is 5.32 Å². The van der Waals surface area contributed by atoms with Crippen molar-refractivity contribution in [3.05, 3.63) is 23.2 Å². The summed E-state index contributed by atoms with van der Waals surface area (Å²) in [5.74, 6) is 0.150. The van der Waals surface area contributed by atoms with Crippen molar-refractivity contribution in [3.8, 4) is 0 Å². The first-order chi connectivity index (χ1) is 7.03. The van der Waals surface area contributed by atoms with Crippen LogP contribution in [0, 0.1) is 0 Å². The molecule has 0 spiro atoms. The molecule has 82 valence electrons. The summed E-state index contributed by atoms with van der Waals surface area (Å²) in [5.41, 5.74) is 0.664. The summed E-state index contributed by atoms with van der Waals surface area (Å²) < 4.78 is 23.8. The summed E-state index contributed by atoms with van der Waals surface area (Å²) >= 11 is 5.78. The molecule has 0 amide bonds. The lowest BCUT2D eigenvalue weighted by atomic mass is 10.2. The van der Waals surface area contributed by atoms with Crippen LogP contribution in [0.5, 0.6) is 0 Å². The van der Waals surface area contributed by atoms with E-state index in [9.17, 15) is 8.42 Å². The second kappa shape index (κ2) is 3.68. The van der Waals surface area contributed by atoms with Gasteiger partial charge in [-0.05, 0) is 24.6 Å². The molecule has 0 bridgehead atoms. The number of hydrogen-bond donors (Lipinski definition) is 1. The number of rotatable bonds is 1. The maximum Gasteiger partial charge on any atom is 0.182 e. The molecule has 15 heavy (non-hydrogen) atoms. The minimum absolute atomic E-state index is 0.00340. The molecule has 0 aliphatic carbocycles. The van der Waals surface area contributed by atoms with Crippen LogP contribution in [-0.2, 0) is 9.84 Å². The maximum absolute atomic E-state index is 11.9. The summed E-state index contributed by atoms with van der Waals surface area (Å²) in [4.78, 5) is 0.319. The molecule has 1 aromatic rings. The van der Waals surface area contributed by atoms with E-state index in [4.69, 9.17) is 11.6 Å². The molecule has 1 N–H and O–H groups in total. The molecule has 1 heterocycles. The second-order valence-corrected chi connectivity index (χ2v) is 6.11. The predicted molar refractivity (Wildman–Crippen MR) is 61.2 cm³/mol. The van der Waals surface area contributed by atoms with Crippen molar-refractivity contribution in [2.24, 2.45) is 0 Å². The highest BCUT2D eigenvalue weighted by molar-refractivity contribution is 7.91. The third-order valence-electron chi connectivity index (χ3n) is 2.55. The molecule has 0 saturated heterocycles. The molecule has 0 radical (unpaired) electrons. The van der Waals surface area contributed by atoms with Gasteiger partial charge in [-0.2, -0.15) is 0 Å². The number of hydrogen-bond acceptors (Lipinski definition) is 3. The van der Waals surface area contributed by atoms with Gasteiger partial charge in [-0.3, -0.25) is 0 Å². The van der Waals surface area contributed by atoms with Crippen LogP contribution in [0.4, 0.5) is 5.69 Å². The standard InChI is InChI=1S/C10H12ClNO2S/c1-2-8-6-15(13,14)10-5-7(11)3-4-9(10)12-8/h3-5,8,12H,2,6H2,1H3. The van der Waals surface area contributed by atoms with Crippen LogP contribution >= 0.6 is 11.6 Å². The zero-order valence-corrected chi connectivity index (χ0v) is 9.90. The predicted octanol–water partition coefficient (Wildman–Crippen LogP) is 2.32. The zero-order chi connectivity index (χ0) is 11.1. The smallest absolute Gasteiger partial charge is 0.182 e. The third kappa shape index (κ3) is 1.96. The van der Waals surface area contributed by atoms with E-state index in [1.165, 1.54) is 6.07 Å². The van der Waals surface area contributed by atoms with Crippen LogP contribution in [0.25, 0.3) is 0 Å². The van der Waals surface area contributed by atoms with E-state index in [-0.39, 0.29) is 11.8 Å². The number of benzene rings is 1. The van der Waals surface area contributed by atoms with Crippen LogP contribution in [-0.4, -0.2) is 20.2 Å². The molecule has 1 aromatic carbocycles. The third-order valence-corrected chi connectivity index (χ3v) is 4.64. The van der Waals surface area contributed by atoms with Crippen molar-refractivity contribution in [1.29, 1.82) is 0 Å². The fourth-order valence-electron chi connectivity index (χ4n) is 1.71. The van der Waals surface area contributed by atoms with E-state index in [0.29, 0.717) is 15.6 Å². The molecule has 1 atom stereocenters. The molecule has 1 aliphatic heterocycles. The van der Waals surface area contributed by atoms with Gasteiger partial charge in [0.25, 0.3) is 0 Å². The summed E-state index contributed by atoms with van der Waals surface area (Å²) in [6.07, 6.45) is 0.793. The number of nitrogens with one attached hydrogen (secondary N) is 1. The van der Waals surface area contributed by atoms with Crippen molar-refractivity contribution in [3.63, 3.8) is 0 Å². The Morgan fingerprint density at radius 3 is 2.93 bits per heavy atom. The first kappa shape index (κ1) is 10.8. The van der Waals surface area contributed by atoms with E-state index in [1.54, 1.807) is 12.1 Å². The number of anilines is 1. The van der Waals surface area contributed by atoms with Crippen molar-refractivity contribution in [2.45, 2.75) is 24.3 Å². The SMILES string of the molecule is CCC1CS(=O)(=O)c2cc(Cl)ccc2N1. The van der Waals surface area contributed by atoms with Gasteiger partial charge in [0.2, 0.25) is 0 Å². The molecular formula is C10H12ClNO2S. The normalized spacial score (nSPS) is 22.9. The molecule has 0 aromatic heterocycles. The van der Waals surface area contributed by atoms with Gasteiger partial charge in [0.05, 0.1) is 16.3 Å². The van der Waals surface area contributed by atoms with Crippen molar-refractivity contribution in [2.75, 3.05) is 11.1 Å². The van der Waals surface area contributed by atoms with Crippen LogP contribution in [0.15, 0.2) is 23.1 Å². The van der Waals surface area contributed by atoms with Gasteiger partial charge in [0, 0.05) is 11.1 Å². The first-order valence-corrected chi connectivity index (χ1v) is 6.85. The molecule has 3 nitrogen and oxygen atoms in total. The Morgan fingerprint density at radius 1 is 1.53 bits per heavy atom. The topological polar surface area (TPSA) is 46.2 Å². The lowest BCUT2D eigenvalue weighted by Crippen LogP contribution is -2.33. The van der Waals surface area contributed by atoms with Gasteiger partial charge in [0.1, 0.15) is 0 Å². The monoisotopic (exact) mass is 245 g/mol. The van der Waals surface area contributed by atoms with E-state index in [1.807, 2.05) is 6.92 Å². The van der Waals surface area contributed by atoms with Crippen molar-refractivity contribution >= 4 is 27.1 Å². The van der Waals surface area contributed by atoms with Crippen LogP contribution < -0.4 is 5.32 Å². The summed E-state index contributed by atoms with van der Waals surface area (Å²) in [6, 6.07) is 4.92. The fourth-order valence-corrected chi connectivity index (χ4v) is 3.74. The fraction of sp³-hybridized carbons (Fsp3) is 0.400. The van der Waals surface area contributed by atoms with Gasteiger partial charge in [0.15, 0.2) is 9.84 Å². The number of fused-ring (bicyclic) bond motifs is 1. The van der Waals surface area contributed by atoms with Crippen LogP contribution in [0.3, 0.4) is 0 Å². The van der Waals surface area contributed by atoms with Gasteiger partial charge in [-0.25, -0.2) is 8.42 Å². The van der Waals surface area contributed by atoms with E-state index < -0.39 is 9.84 Å². The Balaban J connectivity index is 2.55. The molecular weight excluding hydrogens is 234 g/mol. The largest absolute Gasteiger partial charge is 0.380 e. The lowest BCUT2D eigenvalue weighted by molar-refractivity contribution is 0.583. The van der Waals surface area contributed by atoms with E-state index in [2.05, 4.69) is 5.32 Å². The van der Waals surface area contributed by atoms with Gasteiger partial charge in [-0.1, -0.05) is 18.5 Å². The molecule has 1 unspecified atom stereocenters. The van der Waals surface area contributed by atoms with Crippen molar-refractivity contribution < 1.29 is 8.42 Å². The Labute approximate surface area is 94.4 Å². The maximum atomic E-state index is 11.9. The Bertz CT molecular complexity index is 484. The highest BCUT2D eigenvalue weighted by Gasteiger charge is 2.28. The minimum Gasteiger partial charge on any atom is -0.380 e. The van der Waals surface area contributed by atoms with Crippen LogP contribution in [0.1, 0.15) is 13.3 Å². The first-order valence-electron chi connectivity index (χ1n) is 4.82. The highest BCUT2D eigenvalue weighted by atomic mass is 35.5. The second-order valence-electron chi connectivity index (χ2n) is 3.67. The molecule has 1 aliphatic rings. The average molecular weight is 246 g/mol. The average Bonchev–Trinajstić information content (AvgIpc) is 2.18. The summed E-state index contributed by atoms with van der Waals surface area (Å²) in [7, 11) is -3.17. The zero-order valence-electron chi connectivity index (χ0n) is 8.33. The molecule has 0 fully saturated rings. The highest BCUT2D eigenvalue weighted by Crippen LogP contribution is 2.31. The van der Waals surface area contributed by atoms with Crippen molar-refractivity contribution in [1.82, 2.24) is 0 Å². The van der Waals surface area contributed by atoms with E-state index in [0.717, 1.165) is 6.42 Å². The summed E-state index contributed by atoms with van der Waals surface area (Å²) in [5, 5.41) is 3.64. The number of halogens is 1. The molecule has 0 saturated carbocycles. The number of sulfone groups is 1.